The maximum Gasteiger partial charge on any atom is 0.416 e. The van der Waals surface area contributed by atoms with Gasteiger partial charge in [0.1, 0.15) is 0 Å². The number of hydrogen-bond donors (Lipinski definition) is 6. The third-order valence-electron chi connectivity index (χ3n) is 10.9. The fourth-order valence-corrected chi connectivity index (χ4v) is 7.64. The number of rotatable bonds is 16. The van der Waals surface area contributed by atoms with Crippen LogP contribution in [0, 0.1) is 0 Å². The smallest absolute Gasteiger partial charge is 0.399 e. The number of hydrogen-bond acceptors (Lipinski definition) is 8. The van der Waals surface area contributed by atoms with Gasteiger partial charge < -0.3 is 47.9 Å². The second-order valence-corrected chi connectivity index (χ2v) is 16.0. The number of nitrogens with zero attached hydrogens (tertiary/aromatic N) is 3. The number of anilines is 4. The van der Waals surface area contributed by atoms with Crippen molar-refractivity contribution in [2.45, 2.75) is 37.3 Å². The number of nitrogen functional groups attached to an aromatic ring is 2. The SMILES string of the molecule is C[N+](C)(CCCN1CC(Nc2cccc(C(F)(F)F)c2)=C([C@H](N)c2ccc(N)cc2)C1=O)CCCN1CC(Nc2cccc(C(F)(F)F)c2)=C([C@H](N)c2ccc(N)cc2)C1=O. The molecular formula is C44H50F6N9O2+. The van der Waals surface area contributed by atoms with E-state index in [9.17, 15) is 35.9 Å². The van der Waals surface area contributed by atoms with Gasteiger partial charge in [0, 0.05) is 60.1 Å². The Labute approximate surface area is 350 Å². The maximum atomic E-state index is 13.9. The summed E-state index contributed by atoms with van der Waals surface area (Å²) in [6.07, 6.45) is -7.95. The van der Waals surface area contributed by atoms with Crippen LogP contribution in [0.2, 0.25) is 0 Å². The first-order valence-electron chi connectivity index (χ1n) is 19.7. The second-order valence-electron chi connectivity index (χ2n) is 16.0. The molecule has 0 radical (unpaired) electrons. The number of benzene rings is 4. The van der Waals surface area contributed by atoms with Crippen molar-refractivity contribution in [1.29, 1.82) is 0 Å². The standard InChI is InChI=1S/C44H49F6N9O2/c1-59(2,21-5-19-57-25-35(55-33-9-3-7-29(23-33)43(45,46)47)37(41(57)60)39(53)27-11-15-31(51)16-12-27)22-6-20-58-26-36(56-34-10-4-8-30(24-34)44(48,49)50)38(42(58)61)40(54)28-13-17-32(52)18-14-28/h3-4,7-18,23-24,39-40H,5-6,19-22,25-26,51-54H2,1-2H3,(H-,55,56,60,61)/p+1/t39-,40-/m1/s1. The molecule has 0 bridgehead atoms. The number of carbonyl (C=O) groups excluding carboxylic acids is 2. The van der Waals surface area contributed by atoms with Crippen LogP contribution in [-0.4, -0.2) is 79.5 Å². The minimum Gasteiger partial charge on any atom is -0.399 e. The molecule has 11 nitrogen and oxygen atoms in total. The van der Waals surface area contributed by atoms with Crippen molar-refractivity contribution in [2.24, 2.45) is 11.5 Å². The average molecular weight is 851 g/mol. The van der Waals surface area contributed by atoms with Crippen molar-refractivity contribution in [3.8, 4) is 0 Å². The molecule has 2 amide bonds. The summed E-state index contributed by atoms with van der Waals surface area (Å²) < 4.78 is 81.7. The Morgan fingerprint density at radius 2 is 0.967 bits per heavy atom. The Hall–Kier alpha value is -6.04. The topological polar surface area (TPSA) is 169 Å². The summed E-state index contributed by atoms with van der Waals surface area (Å²) in [4.78, 5) is 31.1. The molecule has 0 fully saturated rings. The van der Waals surface area contributed by atoms with Gasteiger partial charge in [0.2, 0.25) is 0 Å². The quantitative estimate of drug-likeness (QED) is 0.0404. The first kappa shape index (κ1) is 44.5. The van der Waals surface area contributed by atoms with E-state index in [0.717, 1.165) is 24.3 Å². The largest absolute Gasteiger partial charge is 0.416 e. The molecule has 2 atom stereocenters. The molecule has 61 heavy (non-hydrogen) atoms. The Kier molecular flexibility index (Phi) is 13.1. The second kappa shape index (κ2) is 17.9. The van der Waals surface area contributed by atoms with Crippen LogP contribution >= 0.6 is 0 Å². The van der Waals surface area contributed by atoms with Crippen molar-refractivity contribution in [3.05, 3.63) is 142 Å². The molecule has 2 heterocycles. The van der Waals surface area contributed by atoms with E-state index in [1.165, 1.54) is 24.3 Å². The van der Waals surface area contributed by atoms with E-state index in [-0.39, 0.29) is 47.4 Å². The molecule has 0 unspecified atom stereocenters. The molecule has 0 spiro atoms. The normalized spacial score (nSPS) is 16.2. The van der Waals surface area contributed by atoms with Crippen LogP contribution in [0.15, 0.2) is 120 Å². The van der Waals surface area contributed by atoms with Crippen LogP contribution in [0.25, 0.3) is 0 Å². The molecule has 0 saturated heterocycles. The van der Waals surface area contributed by atoms with E-state index >= 15 is 0 Å². The van der Waals surface area contributed by atoms with Gasteiger partial charge in [-0.3, -0.25) is 9.59 Å². The number of nitrogens with one attached hydrogen (secondary N) is 2. The highest BCUT2D eigenvalue weighted by Crippen LogP contribution is 2.36. The first-order valence-corrected chi connectivity index (χ1v) is 19.7. The van der Waals surface area contributed by atoms with Gasteiger partial charge in [0.15, 0.2) is 0 Å². The monoisotopic (exact) mass is 850 g/mol. The molecule has 2 aliphatic heterocycles. The lowest BCUT2D eigenvalue weighted by Crippen LogP contribution is -2.44. The molecular weight excluding hydrogens is 801 g/mol. The van der Waals surface area contributed by atoms with E-state index in [1.807, 2.05) is 14.1 Å². The summed E-state index contributed by atoms with van der Waals surface area (Å²) in [7, 11) is 4.06. The molecule has 10 N–H and O–H groups in total. The molecule has 17 heteroatoms. The lowest BCUT2D eigenvalue weighted by atomic mass is 9.98. The first-order chi connectivity index (χ1) is 28.7. The fourth-order valence-electron chi connectivity index (χ4n) is 7.64. The minimum absolute atomic E-state index is 0.113. The lowest BCUT2D eigenvalue weighted by Gasteiger charge is -2.31. The molecule has 324 valence electrons. The molecule has 6 rings (SSSR count). The van der Waals surface area contributed by atoms with Crippen LogP contribution in [-0.2, 0) is 21.9 Å². The van der Waals surface area contributed by atoms with Crippen LogP contribution in [0.4, 0.5) is 49.1 Å². The number of nitrogens with two attached hydrogens (primary N) is 4. The van der Waals surface area contributed by atoms with E-state index in [2.05, 4.69) is 10.6 Å². The zero-order valence-corrected chi connectivity index (χ0v) is 33.8. The molecule has 0 aromatic heterocycles. The minimum atomic E-state index is -4.55. The fraction of sp³-hybridized carbons (Fsp3) is 0.318. The predicted molar refractivity (Wildman–Crippen MR) is 224 cm³/mol. The highest BCUT2D eigenvalue weighted by molar-refractivity contribution is 6.00. The zero-order valence-electron chi connectivity index (χ0n) is 33.8. The Morgan fingerprint density at radius 1 is 0.607 bits per heavy atom. The predicted octanol–water partition coefficient (Wildman–Crippen LogP) is 6.86. The van der Waals surface area contributed by atoms with Crippen molar-refractivity contribution in [3.63, 3.8) is 0 Å². The van der Waals surface area contributed by atoms with Crippen molar-refractivity contribution >= 4 is 34.6 Å². The zero-order chi connectivity index (χ0) is 44.3. The van der Waals surface area contributed by atoms with E-state index in [1.54, 1.807) is 58.3 Å². The number of halogens is 6. The summed E-state index contributed by atoms with van der Waals surface area (Å²) in [5.41, 5.74) is 27.2. The van der Waals surface area contributed by atoms with E-state index in [4.69, 9.17) is 22.9 Å². The van der Waals surface area contributed by atoms with E-state index in [0.29, 0.717) is 77.4 Å². The number of quaternary nitrogens is 1. The van der Waals surface area contributed by atoms with Crippen molar-refractivity contribution in [1.82, 2.24) is 9.80 Å². The van der Waals surface area contributed by atoms with Gasteiger partial charge in [-0.05, 0) is 71.8 Å². The lowest BCUT2D eigenvalue weighted by molar-refractivity contribution is -0.890. The van der Waals surface area contributed by atoms with Crippen LogP contribution < -0.4 is 33.6 Å². The summed E-state index contributed by atoms with van der Waals surface area (Å²) in [5.74, 6) is -0.654. The summed E-state index contributed by atoms with van der Waals surface area (Å²) in [5, 5.41) is 6.09. The van der Waals surface area contributed by atoms with Crippen LogP contribution in [0.3, 0.4) is 0 Å². The van der Waals surface area contributed by atoms with Gasteiger partial charge in [-0.1, -0.05) is 36.4 Å². The third kappa shape index (κ3) is 10.8. The molecule has 0 saturated carbocycles. The van der Waals surface area contributed by atoms with E-state index < -0.39 is 35.6 Å². The van der Waals surface area contributed by atoms with Gasteiger partial charge in [0.25, 0.3) is 11.8 Å². The van der Waals surface area contributed by atoms with Gasteiger partial charge in [-0.25, -0.2) is 0 Å². The Bertz CT molecular complexity index is 2130. The summed E-state index contributed by atoms with van der Waals surface area (Å²) >= 11 is 0. The number of carbonyl (C=O) groups is 2. The molecule has 2 aliphatic rings. The van der Waals surface area contributed by atoms with Gasteiger partial charge >= 0.3 is 12.4 Å². The maximum absolute atomic E-state index is 13.9. The van der Waals surface area contributed by atoms with Crippen LogP contribution in [0.5, 0.6) is 0 Å². The van der Waals surface area contributed by atoms with Crippen LogP contribution in [0.1, 0.15) is 47.2 Å². The van der Waals surface area contributed by atoms with Gasteiger partial charge in [-0.2, -0.15) is 26.3 Å². The Balaban J connectivity index is 1.09. The summed E-state index contributed by atoms with van der Waals surface area (Å²) in [6, 6.07) is 21.2. The number of alkyl halides is 6. The summed E-state index contributed by atoms with van der Waals surface area (Å²) in [6.45, 7) is 2.20. The third-order valence-corrected chi connectivity index (χ3v) is 10.9. The van der Waals surface area contributed by atoms with Gasteiger partial charge in [0.05, 0.1) is 74.6 Å². The average Bonchev–Trinajstić information content (AvgIpc) is 3.67. The molecule has 0 aliphatic carbocycles. The Morgan fingerprint density at radius 3 is 1.31 bits per heavy atom. The van der Waals surface area contributed by atoms with Gasteiger partial charge in [-0.15, -0.1) is 0 Å². The molecule has 4 aromatic carbocycles. The highest BCUT2D eigenvalue weighted by atomic mass is 19.4. The molecule has 4 aromatic rings. The number of amides is 2. The van der Waals surface area contributed by atoms with Crippen molar-refractivity contribution < 1.29 is 40.4 Å². The highest BCUT2D eigenvalue weighted by Gasteiger charge is 2.38. The van der Waals surface area contributed by atoms with Crippen molar-refractivity contribution in [2.75, 3.05) is 75.5 Å².